The van der Waals surface area contributed by atoms with Gasteiger partial charge in [-0.2, -0.15) is 0 Å². The number of carbonyl (C=O) groups excluding carboxylic acids is 1. The number of anilines is 1. The van der Waals surface area contributed by atoms with E-state index in [1.165, 1.54) is 25.8 Å². The lowest BCUT2D eigenvalue weighted by Gasteiger charge is -2.32. The zero-order valence-corrected chi connectivity index (χ0v) is 12.4. The highest BCUT2D eigenvalue weighted by Crippen LogP contribution is 2.16. The van der Waals surface area contributed by atoms with Crippen LogP contribution < -0.4 is 5.32 Å². The number of hydrogen-bond acceptors (Lipinski definition) is 4. The number of likely N-dealkylation sites (N-methyl/N-ethyl adjacent to an activating group) is 1. The van der Waals surface area contributed by atoms with Crippen LogP contribution in [0, 0.1) is 0 Å². The molecule has 0 radical (unpaired) electrons. The van der Waals surface area contributed by atoms with Gasteiger partial charge in [-0.1, -0.05) is 6.42 Å². The molecule has 1 saturated heterocycles. The zero-order valence-electron chi connectivity index (χ0n) is 12.4. The van der Waals surface area contributed by atoms with Gasteiger partial charge in [0.15, 0.2) is 0 Å². The molecule has 1 heterocycles. The first-order chi connectivity index (χ1) is 9.70. The van der Waals surface area contributed by atoms with Crippen LogP contribution in [0.2, 0.25) is 0 Å². The van der Waals surface area contributed by atoms with Crippen LogP contribution in [0.3, 0.4) is 0 Å². The molecule has 110 valence electrons. The summed E-state index contributed by atoms with van der Waals surface area (Å²) in [4.78, 5) is 14.0. The molecular formula is C16H24N2O2. The van der Waals surface area contributed by atoms with E-state index in [0.29, 0.717) is 18.2 Å². The second-order valence-electron chi connectivity index (χ2n) is 5.31. The lowest BCUT2D eigenvalue weighted by molar-refractivity contribution is 0.0526. The number of likely N-dealkylation sites (tertiary alicyclic amines) is 1. The van der Waals surface area contributed by atoms with Crippen LogP contribution in [0.15, 0.2) is 24.3 Å². The predicted molar refractivity (Wildman–Crippen MR) is 81.2 cm³/mol. The minimum absolute atomic E-state index is 0.258. The molecule has 20 heavy (non-hydrogen) atoms. The molecule has 1 aliphatic heterocycles. The molecule has 4 heteroatoms. The molecule has 1 unspecified atom stereocenters. The second-order valence-corrected chi connectivity index (χ2v) is 5.31. The summed E-state index contributed by atoms with van der Waals surface area (Å²) < 4.78 is 4.97. The maximum Gasteiger partial charge on any atom is 0.338 e. The van der Waals surface area contributed by atoms with Gasteiger partial charge in [-0.15, -0.1) is 0 Å². The fraction of sp³-hybridized carbons (Fsp3) is 0.562. The largest absolute Gasteiger partial charge is 0.462 e. The minimum atomic E-state index is -0.258. The molecule has 1 atom stereocenters. The van der Waals surface area contributed by atoms with E-state index in [1.54, 1.807) is 0 Å². The maximum absolute atomic E-state index is 11.6. The van der Waals surface area contributed by atoms with Crippen LogP contribution in [-0.2, 0) is 4.74 Å². The minimum Gasteiger partial charge on any atom is -0.462 e. The summed E-state index contributed by atoms with van der Waals surface area (Å²) in [5.41, 5.74) is 1.66. The van der Waals surface area contributed by atoms with Gasteiger partial charge >= 0.3 is 5.97 Å². The maximum atomic E-state index is 11.6. The van der Waals surface area contributed by atoms with Crippen molar-refractivity contribution in [3.05, 3.63) is 29.8 Å². The first-order valence-electron chi connectivity index (χ1n) is 7.42. The van der Waals surface area contributed by atoms with E-state index in [1.807, 2.05) is 31.2 Å². The highest BCUT2D eigenvalue weighted by atomic mass is 16.5. The summed E-state index contributed by atoms with van der Waals surface area (Å²) >= 11 is 0. The van der Waals surface area contributed by atoms with Crippen LogP contribution in [0.4, 0.5) is 5.69 Å². The number of piperidine rings is 1. The predicted octanol–water partition coefficient (Wildman–Crippen LogP) is 2.76. The number of rotatable bonds is 5. The molecule has 2 rings (SSSR count). The van der Waals surface area contributed by atoms with Gasteiger partial charge in [0.2, 0.25) is 0 Å². The molecule has 0 amide bonds. The number of nitrogens with zero attached hydrogens (tertiary/aromatic N) is 1. The van der Waals surface area contributed by atoms with E-state index in [-0.39, 0.29) is 5.97 Å². The highest BCUT2D eigenvalue weighted by Gasteiger charge is 2.18. The van der Waals surface area contributed by atoms with Gasteiger partial charge in [0, 0.05) is 18.3 Å². The fourth-order valence-corrected chi connectivity index (χ4v) is 2.58. The molecule has 0 aromatic heterocycles. The van der Waals surface area contributed by atoms with E-state index in [0.717, 1.165) is 12.2 Å². The number of ether oxygens (including phenoxy) is 1. The summed E-state index contributed by atoms with van der Waals surface area (Å²) in [6.07, 6.45) is 3.88. The van der Waals surface area contributed by atoms with Crippen LogP contribution in [-0.4, -0.2) is 43.7 Å². The summed E-state index contributed by atoms with van der Waals surface area (Å²) in [6.45, 7) is 4.37. The summed E-state index contributed by atoms with van der Waals surface area (Å²) in [5, 5.41) is 3.45. The number of hydrogen-bond donors (Lipinski definition) is 1. The molecule has 4 nitrogen and oxygen atoms in total. The lowest BCUT2D eigenvalue weighted by Crippen LogP contribution is -2.40. The van der Waals surface area contributed by atoms with E-state index >= 15 is 0 Å². The van der Waals surface area contributed by atoms with Gasteiger partial charge in [0.25, 0.3) is 0 Å². The first kappa shape index (κ1) is 14.9. The molecule has 1 aliphatic rings. The molecule has 1 N–H and O–H groups in total. The Kier molecular flexibility index (Phi) is 5.41. The van der Waals surface area contributed by atoms with E-state index < -0.39 is 0 Å². The van der Waals surface area contributed by atoms with E-state index in [9.17, 15) is 4.79 Å². The Bertz CT molecular complexity index is 431. The number of benzene rings is 1. The third-order valence-corrected chi connectivity index (χ3v) is 3.86. The summed E-state index contributed by atoms with van der Waals surface area (Å²) in [7, 11) is 2.19. The van der Waals surface area contributed by atoms with Crippen molar-refractivity contribution in [1.82, 2.24) is 4.90 Å². The normalized spacial score (nSPS) is 19.6. The Labute approximate surface area is 121 Å². The van der Waals surface area contributed by atoms with Crippen LogP contribution in [0.5, 0.6) is 0 Å². The number of nitrogens with one attached hydrogen (secondary N) is 1. The third-order valence-electron chi connectivity index (χ3n) is 3.86. The van der Waals surface area contributed by atoms with Gasteiger partial charge in [0.1, 0.15) is 0 Å². The van der Waals surface area contributed by atoms with Crippen molar-refractivity contribution >= 4 is 11.7 Å². The van der Waals surface area contributed by atoms with Crippen LogP contribution in [0.25, 0.3) is 0 Å². The Morgan fingerprint density at radius 2 is 2.10 bits per heavy atom. The van der Waals surface area contributed by atoms with Crippen molar-refractivity contribution in [2.75, 3.05) is 32.1 Å². The zero-order chi connectivity index (χ0) is 14.4. The molecule has 0 bridgehead atoms. The Hall–Kier alpha value is -1.55. The Balaban J connectivity index is 1.85. The molecule has 0 spiro atoms. The number of esters is 1. The quantitative estimate of drug-likeness (QED) is 0.840. The van der Waals surface area contributed by atoms with Gasteiger partial charge < -0.3 is 15.0 Å². The number of carbonyl (C=O) groups is 1. The molecular weight excluding hydrogens is 252 g/mol. The topological polar surface area (TPSA) is 41.6 Å². The molecule has 0 saturated carbocycles. The second kappa shape index (κ2) is 7.29. The van der Waals surface area contributed by atoms with Crippen molar-refractivity contribution in [2.45, 2.75) is 32.2 Å². The van der Waals surface area contributed by atoms with Crippen molar-refractivity contribution in [2.24, 2.45) is 0 Å². The fourth-order valence-electron chi connectivity index (χ4n) is 2.58. The lowest BCUT2D eigenvalue weighted by atomic mass is 10.0. The molecule has 0 aliphatic carbocycles. The monoisotopic (exact) mass is 276 g/mol. The van der Waals surface area contributed by atoms with E-state index in [4.69, 9.17) is 4.74 Å². The van der Waals surface area contributed by atoms with Gasteiger partial charge in [-0.25, -0.2) is 4.79 Å². The third kappa shape index (κ3) is 3.97. The summed E-state index contributed by atoms with van der Waals surface area (Å²) in [6, 6.07) is 8.11. The van der Waals surface area contributed by atoms with E-state index in [2.05, 4.69) is 17.3 Å². The average molecular weight is 276 g/mol. The molecule has 1 aromatic carbocycles. The Morgan fingerprint density at radius 1 is 1.35 bits per heavy atom. The van der Waals surface area contributed by atoms with Crippen molar-refractivity contribution in [3.63, 3.8) is 0 Å². The van der Waals surface area contributed by atoms with Crippen molar-refractivity contribution in [1.29, 1.82) is 0 Å². The standard InChI is InChI=1S/C16H24N2O2/c1-3-20-16(19)13-7-9-14(10-8-13)17-12-15-6-4-5-11-18(15)2/h7-10,15,17H,3-6,11-12H2,1-2H3. The van der Waals surface area contributed by atoms with Crippen molar-refractivity contribution in [3.8, 4) is 0 Å². The summed E-state index contributed by atoms with van der Waals surface area (Å²) in [5.74, 6) is -0.258. The van der Waals surface area contributed by atoms with Gasteiger partial charge in [-0.3, -0.25) is 0 Å². The molecule has 1 fully saturated rings. The highest BCUT2D eigenvalue weighted by molar-refractivity contribution is 5.89. The smallest absolute Gasteiger partial charge is 0.338 e. The SMILES string of the molecule is CCOC(=O)c1ccc(NCC2CCCCN2C)cc1. The van der Waals surface area contributed by atoms with Crippen molar-refractivity contribution < 1.29 is 9.53 Å². The molecule has 1 aromatic rings. The van der Waals surface area contributed by atoms with Gasteiger partial charge in [-0.05, 0) is 57.6 Å². The first-order valence-corrected chi connectivity index (χ1v) is 7.42. The van der Waals surface area contributed by atoms with Gasteiger partial charge in [0.05, 0.1) is 12.2 Å². The average Bonchev–Trinajstić information content (AvgIpc) is 2.47. The Morgan fingerprint density at radius 3 is 2.75 bits per heavy atom. The van der Waals surface area contributed by atoms with Crippen LogP contribution in [0.1, 0.15) is 36.5 Å². The van der Waals surface area contributed by atoms with Crippen LogP contribution >= 0.6 is 0 Å².